The molecule has 10 heteroatoms. The van der Waals surface area contributed by atoms with E-state index >= 15 is 0 Å². The van der Waals surface area contributed by atoms with E-state index in [0.29, 0.717) is 10.6 Å². The Morgan fingerprint density at radius 2 is 1.28 bits per heavy atom. The van der Waals surface area contributed by atoms with E-state index in [-0.39, 0.29) is 28.2 Å². The standard InChI is InChI=1S/C22H16ClN3O6/c1-32-22(29)15-10-17(24-20(27)13-2-6-16(23)7-3-13)12-18(11-15)25-21(28)14-4-8-19(9-5-14)26(30)31/h2-12H,1H3,(H,24,27)(H,25,28). The molecule has 9 nitrogen and oxygen atoms in total. The third-order valence-corrected chi connectivity index (χ3v) is 4.57. The second-order valence-corrected chi connectivity index (χ2v) is 6.95. The number of nitrogens with zero attached hydrogens (tertiary/aromatic N) is 1. The molecule has 3 rings (SSSR count). The zero-order valence-electron chi connectivity index (χ0n) is 16.6. The number of amides is 2. The number of nitro benzene ring substituents is 1. The Bertz CT molecular complexity index is 1190. The van der Waals surface area contributed by atoms with Crippen molar-refractivity contribution in [2.75, 3.05) is 17.7 Å². The van der Waals surface area contributed by atoms with Gasteiger partial charge in [-0.1, -0.05) is 11.6 Å². The van der Waals surface area contributed by atoms with E-state index in [2.05, 4.69) is 10.6 Å². The number of halogens is 1. The van der Waals surface area contributed by atoms with Crippen LogP contribution in [-0.4, -0.2) is 29.8 Å². The third-order valence-electron chi connectivity index (χ3n) is 4.32. The Balaban J connectivity index is 1.85. The lowest BCUT2D eigenvalue weighted by molar-refractivity contribution is -0.384. The number of carbonyl (C=O) groups excluding carboxylic acids is 3. The fraction of sp³-hybridized carbons (Fsp3) is 0.0455. The van der Waals surface area contributed by atoms with E-state index in [0.717, 1.165) is 0 Å². The monoisotopic (exact) mass is 453 g/mol. The third kappa shape index (κ3) is 5.46. The van der Waals surface area contributed by atoms with Crippen LogP contribution in [0.25, 0.3) is 0 Å². The molecule has 2 amide bonds. The maximum absolute atomic E-state index is 12.5. The molecule has 0 radical (unpaired) electrons. The first-order valence-corrected chi connectivity index (χ1v) is 9.51. The van der Waals surface area contributed by atoms with E-state index in [1.165, 1.54) is 49.6 Å². The normalized spacial score (nSPS) is 10.2. The van der Waals surface area contributed by atoms with Crippen molar-refractivity contribution in [3.63, 3.8) is 0 Å². The van der Waals surface area contributed by atoms with Gasteiger partial charge in [-0.3, -0.25) is 19.7 Å². The maximum atomic E-state index is 12.5. The Morgan fingerprint density at radius 1 is 0.812 bits per heavy atom. The molecule has 0 aromatic heterocycles. The van der Waals surface area contributed by atoms with Gasteiger partial charge in [0, 0.05) is 39.7 Å². The van der Waals surface area contributed by atoms with Gasteiger partial charge in [0.25, 0.3) is 17.5 Å². The van der Waals surface area contributed by atoms with Crippen LogP contribution in [0.15, 0.2) is 66.7 Å². The first-order chi connectivity index (χ1) is 15.3. The number of benzene rings is 3. The summed E-state index contributed by atoms with van der Waals surface area (Å²) in [5.74, 6) is -1.67. The first-order valence-electron chi connectivity index (χ1n) is 9.13. The van der Waals surface area contributed by atoms with Gasteiger partial charge in [-0.15, -0.1) is 0 Å². The van der Waals surface area contributed by atoms with E-state index in [4.69, 9.17) is 16.3 Å². The summed E-state index contributed by atoms with van der Waals surface area (Å²) in [5, 5.41) is 16.5. The lowest BCUT2D eigenvalue weighted by Crippen LogP contribution is -2.15. The fourth-order valence-electron chi connectivity index (χ4n) is 2.75. The summed E-state index contributed by atoms with van der Waals surface area (Å²) in [6, 6.07) is 15.5. The molecule has 0 saturated carbocycles. The van der Waals surface area contributed by atoms with Crippen LogP contribution >= 0.6 is 11.6 Å². The topological polar surface area (TPSA) is 128 Å². The number of rotatable bonds is 6. The van der Waals surface area contributed by atoms with Crippen molar-refractivity contribution in [1.29, 1.82) is 0 Å². The molecular weight excluding hydrogens is 438 g/mol. The Labute approximate surface area is 187 Å². The van der Waals surface area contributed by atoms with Gasteiger partial charge in [-0.05, 0) is 54.6 Å². The van der Waals surface area contributed by atoms with Gasteiger partial charge in [0.15, 0.2) is 0 Å². The Morgan fingerprint density at radius 3 is 1.72 bits per heavy atom. The molecule has 0 atom stereocenters. The molecule has 0 spiro atoms. The largest absolute Gasteiger partial charge is 0.465 e. The van der Waals surface area contributed by atoms with Crippen LogP contribution in [0.3, 0.4) is 0 Å². The highest BCUT2D eigenvalue weighted by Crippen LogP contribution is 2.22. The highest BCUT2D eigenvalue weighted by atomic mass is 35.5. The number of nitrogens with one attached hydrogen (secondary N) is 2. The molecule has 0 heterocycles. The predicted molar refractivity (Wildman–Crippen MR) is 118 cm³/mol. The number of ether oxygens (including phenoxy) is 1. The second kappa shape index (κ2) is 9.71. The van der Waals surface area contributed by atoms with Gasteiger partial charge in [0.1, 0.15) is 0 Å². The zero-order valence-corrected chi connectivity index (χ0v) is 17.4. The Kier molecular flexibility index (Phi) is 6.81. The first kappa shape index (κ1) is 22.4. The van der Waals surface area contributed by atoms with E-state index in [9.17, 15) is 24.5 Å². The molecule has 0 aliphatic carbocycles. The van der Waals surface area contributed by atoms with Crippen molar-refractivity contribution in [2.24, 2.45) is 0 Å². The average Bonchev–Trinajstić information content (AvgIpc) is 2.78. The summed E-state index contributed by atoms with van der Waals surface area (Å²) < 4.78 is 4.73. The molecule has 0 aliphatic heterocycles. The smallest absolute Gasteiger partial charge is 0.337 e. The number of esters is 1. The summed E-state index contributed by atoms with van der Waals surface area (Å²) >= 11 is 5.84. The van der Waals surface area contributed by atoms with E-state index < -0.39 is 22.7 Å². The number of methoxy groups -OCH3 is 1. The average molecular weight is 454 g/mol. The molecule has 0 fully saturated rings. The van der Waals surface area contributed by atoms with Crippen LogP contribution < -0.4 is 10.6 Å². The maximum Gasteiger partial charge on any atom is 0.337 e. The van der Waals surface area contributed by atoms with Gasteiger partial charge >= 0.3 is 5.97 Å². The Hall–Kier alpha value is -4.24. The van der Waals surface area contributed by atoms with Crippen LogP contribution in [-0.2, 0) is 4.74 Å². The van der Waals surface area contributed by atoms with Gasteiger partial charge in [0.05, 0.1) is 17.6 Å². The van der Waals surface area contributed by atoms with Crippen LogP contribution in [0.1, 0.15) is 31.1 Å². The zero-order chi connectivity index (χ0) is 23.3. The predicted octanol–water partition coefficient (Wildman–Crippen LogP) is 4.54. The summed E-state index contributed by atoms with van der Waals surface area (Å²) in [7, 11) is 1.20. The van der Waals surface area contributed by atoms with Crippen LogP contribution in [0.4, 0.5) is 17.1 Å². The highest BCUT2D eigenvalue weighted by molar-refractivity contribution is 6.30. The van der Waals surface area contributed by atoms with Crippen molar-refractivity contribution in [3.8, 4) is 0 Å². The van der Waals surface area contributed by atoms with E-state index in [1.807, 2.05) is 0 Å². The number of anilines is 2. The van der Waals surface area contributed by atoms with Crippen molar-refractivity contribution < 1.29 is 24.0 Å². The van der Waals surface area contributed by atoms with Crippen molar-refractivity contribution in [2.45, 2.75) is 0 Å². The van der Waals surface area contributed by atoms with Crippen molar-refractivity contribution >= 4 is 46.4 Å². The molecule has 0 bridgehead atoms. The van der Waals surface area contributed by atoms with Crippen LogP contribution in [0, 0.1) is 10.1 Å². The van der Waals surface area contributed by atoms with Crippen molar-refractivity contribution in [3.05, 3.63) is 98.6 Å². The molecular formula is C22H16ClN3O6. The molecule has 3 aromatic rings. The van der Waals surface area contributed by atoms with Gasteiger partial charge in [-0.2, -0.15) is 0 Å². The molecule has 0 saturated heterocycles. The molecule has 32 heavy (non-hydrogen) atoms. The SMILES string of the molecule is COC(=O)c1cc(NC(=O)c2ccc(Cl)cc2)cc(NC(=O)c2ccc([N+](=O)[O-])cc2)c1. The van der Waals surface area contributed by atoms with Crippen molar-refractivity contribution in [1.82, 2.24) is 0 Å². The minimum absolute atomic E-state index is 0.0976. The fourth-order valence-corrected chi connectivity index (χ4v) is 2.88. The lowest BCUT2D eigenvalue weighted by atomic mass is 10.1. The minimum Gasteiger partial charge on any atom is -0.465 e. The number of hydrogen-bond acceptors (Lipinski definition) is 6. The van der Waals surface area contributed by atoms with Gasteiger partial charge in [-0.25, -0.2) is 4.79 Å². The van der Waals surface area contributed by atoms with E-state index in [1.54, 1.807) is 24.3 Å². The second-order valence-electron chi connectivity index (χ2n) is 6.51. The molecule has 2 N–H and O–H groups in total. The minimum atomic E-state index is -0.668. The number of carbonyl (C=O) groups is 3. The van der Waals surface area contributed by atoms with Crippen LogP contribution in [0.2, 0.25) is 5.02 Å². The molecule has 0 unspecified atom stereocenters. The number of hydrogen-bond donors (Lipinski definition) is 2. The summed E-state index contributed by atoms with van der Waals surface area (Å²) in [4.78, 5) is 47.3. The lowest BCUT2D eigenvalue weighted by Gasteiger charge is -2.12. The van der Waals surface area contributed by atoms with Crippen LogP contribution in [0.5, 0.6) is 0 Å². The quantitative estimate of drug-likeness (QED) is 0.320. The molecule has 3 aromatic carbocycles. The highest BCUT2D eigenvalue weighted by Gasteiger charge is 2.15. The summed E-state index contributed by atoms with van der Waals surface area (Å²) in [6.45, 7) is 0. The summed E-state index contributed by atoms with van der Waals surface area (Å²) in [5.41, 5.74) is 0.913. The summed E-state index contributed by atoms with van der Waals surface area (Å²) in [6.07, 6.45) is 0. The van der Waals surface area contributed by atoms with Gasteiger partial charge < -0.3 is 15.4 Å². The molecule has 162 valence electrons. The molecule has 0 aliphatic rings. The number of non-ortho nitro benzene ring substituents is 1. The van der Waals surface area contributed by atoms with Gasteiger partial charge in [0.2, 0.25) is 0 Å². The number of nitro groups is 1.